The second-order valence-electron chi connectivity index (χ2n) is 9.88. The van der Waals surface area contributed by atoms with Crippen LogP contribution in [0.1, 0.15) is 49.3 Å². The fourth-order valence-corrected chi connectivity index (χ4v) is 4.90. The molecule has 37 heavy (non-hydrogen) atoms. The van der Waals surface area contributed by atoms with Gasteiger partial charge in [-0.2, -0.15) is 0 Å². The van der Waals surface area contributed by atoms with Crippen molar-refractivity contribution in [3.05, 3.63) is 65.5 Å². The third-order valence-electron chi connectivity index (χ3n) is 7.37. The molecular formula is C28H36FN5O3. The maximum Gasteiger partial charge on any atom is 0.273 e. The van der Waals surface area contributed by atoms with E-state index in [-0.39, 0.29) is 35.3 Å². The Labute approximate surface area is 217 Å². The van der Waals surface area contributed by atoms with Crippen LogP contribution in [0.3, 0.4) is 0 Å². The number of carbonyl (C=O) groups is 2. The Bertz CT molecular complexity index is 1120. The SMILES string of the molecule is CCc1cc(C(=O)N(CCN2CC=C(C)CC2)C(C(=O)Nc2ccc(F)cc2)C2CC(OC)C2)ncn1. The number of aromatic nitrogens is 2. The van der Waals surface area contributed by atoms with Crippen LogP contribution in [0.4, 0.5) is 10.1 Å². The lowest BCUT2D eigenvalue weighted by molar-refractivity contribution is -0.126. The number of anilines is 1. The van der Waals surface area contributed by atoms with Crippen molar-refractivity contribution in [2.45, 2.75) is 51.7 Å². The molecule has 1 aromatic carbocycles. The van der Waals surface area contributed by atoms with Crippen molar-refractivity contribution < 1.29 is 18.7 Å². The van der Waals surface area contributed by atoms with Gasteiger partial charge in [-0.1, -0.05) is 18.6 Å². The van der Waals surface area contributed by atoms with Crippen molar-refractivity contribution in [1.82, 2.24) is 19.8 Å². The molecule has 0 saturated heterocycles. The number of nitrogens with one attached hydrogen (secondary N) is 1. The molecule has 1 aliphatic carbocycles. The molecule has 1 saturated carbocycles. The number of methoxy groups -OCH3 is 1. The first-order valence-electron chi connectivity index (χ1n) is 13.0. The number of aryl methyl sites for hydroxylation is 1. The van der Waals surface area contributed by atoms with Gasteiger partial charge in [0, 0.05) is 44.7 Å². The molecule has 1 aliphatic heterocycles. The Morgan fingerprint density at radius 2 is 2.00 bits per heavy atom. The van der Waals surface area contributed by atoms with Gasteiger partial charge >= 0.3 is 0 Å². The highest BCUT2D eigenvalue weighted by Gasteiger charge is 2.44. The highest BCUT2D eigenvalue weighted by Crippen LogP contribution is 2.36. The van der Waals surface area contributed by atoms with Crippen LogP contribution in [0.2, 0.25) is 0 Å². The van der Waals surface area contributed by atoms with Gasteiger partial charge in [0.25, 0.3) is 5.91 Å². The minimum absolute atomic E-state index is 0.0593. The number of halogens is 1. The molecule has 8 nitrogen and oxygen atoms in total. The van der Waals surface area contributed by atoms with Crippen LogP contribution in [0.5, 0.6) is 0 Å². The molecule has 1 N–H and O–H groups in total. The first-order chi connectivity index (χ1) is 17.9. The zero-order valence-electron chi connectivity index (χ0n) is 21.8. The molecule has 198 valence electrons. The molecule has 1 atom stereocenters. The average molecular weight is 510 g/mol. The number of carbonyl (C=O) groups excluding carboxylic acids is 2. The van der Waals surface area contributed by atoms with Crippen LogP contribution in [0, 0.1) is 11.7 Å². The lowest BCUT2D eigenvalue weighted by Gasteiger charge is -2.44. The molecule has 2 aliphatic rings. The summed E-state index contributed by atoms with van der Waals surface area (Å²) >= 11 is 0. The van der Waals surface area contributed by atoms with Gasteiger partial charge in [-0.05, 0) is 68.9 Å². The molecule has 1 fully saturated rings. The number of hydrogen-bond donors (Lipinski definition) is 1. The standard InChI is InChI=1S/C28H36FN5O3/c1-4-22-17-25(31-18-30-22)28(36)34(14-13-33-11-9-19(2)10-12-33)26(20-15-24(16-20)37-3)27(35)32-23-7-5-21(29)6-8-23/h5-9,17-18,20,24,26H,4,10-16H2,1-3H3,(H,32,35). The smallest absolute Gasteiger partial charge is 0.273 e. The molecule has 2 amide bonds. The normalized spacial score (nSPS) is 20.5. The number of nitrogens with zero attached hydrogens (tertiary/aromatic N) is 4. The van der Waals surface area contributed by atoms with E-state index in [0.717, 1.165) is 25.2 Å². The van der Waals surface area contributed by atoms with Crippen LogP contribution in [0.25, 0.3) is 0 Å². The average Bonchev–Trinajstić information content (AvgIpc) is 2.89. The summed E-state index contributed by atoms with van der Waals surface area (Å²) in [6, 6.07) is 6.64. The van der Waals surface area contributed by atoms with Gasteiger partial charge in [0.05, 0.1) is 6.10 Å². The summed E-state index contributed by atoms with van der Waals surface area (Å²) in [4.78, 5) is 40.1. The Morgan fingerprint density at radius 1 is 1.24 bits per heavy atom. The van der Waals surface area contributed by atoms with Gasteiger partial charge in [0.2, 0.25) is 5.91 Å². The van der Waals surface area contributed by atoms with Gasteiger partial charge in [0.15, 0.2) is 0 Å². The Kier molecular flexibility index (Phi) is 9.00. The number of ether oxygens (including phenoxy) is 1. The molecule has 1 aromatic heterocycles. The molecular weight excluding hydrogens is 473 g/mol. The van der Waals surface area contributed by atoms with Gasteiger partial charge in [-0.15, -0.1) is 0 Å². The zero-order chi connectivity index (χ0) is 26.4. The Balaban J connectivity index is 1.62. The third-order valence-corrected chi connectivity index (χ3v) is 7.37. The Morgan fingerprint density at radius 3 is 2.65 bits per heavy atom. The zero-order valence-corrected chi connectivity index (χ0v) is 21.8. The lowest BCUT2D eigenvalue weighted by Crippen LogP contribution is -2.57. The van der Waals surface area contributed by atoms with Crippen molar-refractivity contribution in [1.29, 1.82) is 0 Å². The van der Waals surface area contributed by atoms with E-state index in [1.807, 2.05) is 6.92 Å². The summed E-state index contributed by atoms with van der Waals surface area (Å²) in [5, 5.41) is 2.91. The molecule has 4 rings (SSSR count). The van der Waals surface area contributed by atoms with Crippen LogP contribution in [-0.2, 0) is 16.0 Å². The maximum atomic E-state index is 13.9. The summed E-state index contributed by atoms with van der Waals surface area (Å²) in [7, 11) is 1.66. The predicted molar refractivity (Wildman–Crippen MR) is 140 cm³/mol. The van der Waals surface area contributed by atoms with Crippen LogP contribution >= 0.6 is 0 Å². The summed E-state index contributed by atoms with van der Waals surface area (Å²) < 4.78 is 18.9. The van der Waals surface area contributed by atoms with E-state index < -0.39 is 6.04 Å². The van der Waals surface area contributed by atoms with E-state index in [0.29, 0.717) is 38.0 Å². The molecule has 0 spiro atoms. The number of hydrogen-bond acceptors (Lipinski definition) is 6. The molecule has 1 unspecified atom stereocenters. The summed E-state index contributed by atoms with van der Waals surface area (Å²) in [5.41, 5.74) is 2.90. The second-order valence-corrected chi connectivity index (χ2v) is 9.88. The highest BCUT2D eigenvalue weighted by molar-refractivity contribution is 6.00. The van der Waals surface area contributed by atoms with Crippen LogP contribution in [-0.4, -0.2) is 77.0 Å². The first kappa shape index (κ1) is 26.9. The maximum absolute atomic E-state index is 13.9. The number of rotatable bonds is 10. The summed E-state index contributed by atoms with van der Waals surface area (Å²) in [6.45, 7) is 6.86. The lowest BCUT2D eigenvalue weighted by atomic mass is 9.76. The third kappa shape index (κ3) is 6.78. The van der Waals surface area contributed by atoms with E-state index in [9.17, 15) is 14.0 Å². The fourth-order valence-electron chi connectivity index (χ4n) is 4.90. The molecule has 2 aromatic rings. The first-order valence-corrected chi connectivity index (χ1v) is 13.0. The van der Waals surface area contributed by atoms with Crippen LogP contribution < -0.4 is 5.32 Å². The van der Waals surface area contributed by atoms with Crippen molar-refractivity contribution in [3.63, 3.8) is 0 Å². The van der Waals surface area contributed by atoms with Gasteiger partial charge in [-0.3, -0.25) is 14.5 Å². The van der Waals surface area contributed by atoms with Crippen molar-refractivity contribution >= 4 is 17.5 Å². The predicted octanol–water partition coefficient (Wildman–Crippen LogP) is 3.70. The van der Waals surface area contributed by atoms with E-state index in [4.69, 9.17) is 4.74 Å². The molecule has 0 bridgehead atoms. The summed E-state index contributed by atoms with van der Waals surface area (Å²) in [6.07, 6.45) is 6.70. The molecule has 2 heterocycles. The van der Waals surface area contributed by atoms with Gasteiger partial charge in [-0.25, -0.2) is 14.4 Å². The topological polar surface area (TPSA) is 87.7 Å². The number of benzene rings is 1. The van der Waals surface area contributed by atoms with E-state index in [1.165, 1.54) is 36.2 Å². The second kappa shape index (κ2) is 12.4. The fraction of sp³-hybridized carbons (Fsp3) is 0.500. The van der Waals surface area contributed by atoms with Crippen LogP contribution in [0.15, 0.2) is 48.3 Å². The highest BCUT2D eigenvalue weighted by atomic mass is 19.1. The minimum atomic E-state index is -0.717. The van der Waals surface area contributed by atoms with E-state index >= 15 is 0 Å². The largest absolute Gasteiger partial charge is 0.381 e. The van der Waals surface area contributed by atoms with Gasteiger partial charge in [0.1, 0.15) is 23.9 Å². The van der Waals surface area contributed by atoms with Gasteiger partial charge < -0.3 is 15.0 Å². The van der Waals surface area contributed by atoms with E-state index in [2.05, 4.69) is 33.2 Å². The number of amides is 2. The minimum Gasteiger partial charge on any atom is -0.381 e. The Hall–Kier alpha value is -3.17. The van der Waals surface area contributed by atoms with Crippen molar-refractivity contribution in [2.24, 2.45) is 5.92 Å². The summed E-state index contributed by atoms with van der Waals surface area (Å²) in [5.74, 6) is -1.03. The molecule has 0 radical (unpaired) electrons. The van der Waals surface area contributed by atoms with Crippen molar-refractivity contribution in [2.75, 3.05) is 38.6 Å². The monoisotopic (exact) mass is 509 g/mol. The molecule has 9 heteroatoms. The quantitative estimate of drug-likeness (QED) is 0.492. The van der Waals surface area contributed by atoms with Crippen molar-refractivity contribution in [3.8, 4) is 0 Å². The van der Waals surface area contributed by atoms with E-state index in [1.54, 1.807) is 18.1 Å².